The number of hydrogen-bond acceptors (Lipinski definition) is 12. The molecule has 3 N–H and O–H groups in total. The van der Waals surface area contributed by atoms with Crippen molar-refractivity contribution >= 4 is 76.1 Å². The molecule has 49 heavy (non-hydrogen) atoms. The zero-order valence-corrected chi connectivity index (χ0v) is 30.1. The van der Waals surface area contributed by atoms with Gasteiger partial charge in [-0.15, -0.1) is 32.9 Å². The minimum Gasteiger partial charge on any atom is -0.397 e. The third kappa shape index (κ3) is 5.59. The Morgan fingerprint density at radius 3 is 2.16 bits per heavy atom. The van der Waals surface area contributed by atoms with E-state index >= 15 is 4.39 Å². The van der Waals surface area contributed by atoms with Crippen molar-refractivity contribution in [3.05, 3.63) is 62.1 Å². The highest BCUT2D eigenvalue weighted by Crippen LogP contribution is 2.43. The quantitative estimate of drug-likeness (QED) is 0.235. The molecule has 1 unspecified atom stereocenters. The van der Waals surface area contributed by atoms with E-state index in [2.05, 4.69) is 25.7 Å². The van der Waals surface area contributed by atoms with Gasteiger partial charge < -0.3 is 20.9 Å². The fraction of sp³-hybridized carbons (Fsp3) is 0.394. The molecule has 2 fully saturated rings. The van der Waals surface area contributed by atoms with Crippen molar-refractivity contribution < 1.29 is 22.4 Å². The number of fused-ring (bicyclic) bond motifs is 2. The first kappa shape index (κ1) is 33.2. The highest BCUT2D eigenvalue weighted by Gasteiger charge is 2.48. The van der Waals surface area contributed by atoms with Crippen LogP contribution in [0, 0.1) is 27.7 Å². The summed E-state index contributed by atoms with van der Waals surface area (Å²) in [5, 5.41) is 22.1. The second-order valence-electron chi connectivity index (χ2n) is 12.9. The number of hydrogen-bond donors (Lipinski definition) is 2. The number of carbonyl (C=O) groups is 2. The first-order chi connectivity index (χ1) is 23.2. The van der Waals surface area contributed by atoms with Crippen LogP contribution in [0.4, 0.5) is 15.8 Å². The summed E-state index contributed by atoms with van der Waals surface area (Å²) in [6, 6.07) is 5.52. The Hall–Kier alpha value is -4.28. The van der Waals surface area contributed by atoms with Crippen molar-refractivity contribution in [2.24, 2.45) is 0 Å². The van der Waals surface area contributed by atoms with Gasteiger partial charge in [0.05, 0.1) is 40.7 Å². The Morgan fingerprint density at radius 2 is 1.53 bits per heavy atom. The number of benzene rings is 1. The largest absolute Gasteiger partial charge is 0.397 e. The molecule has 0 radical (unpaired) electrons. The van der Waals surface area contributed by atoms with Gasteiger partial charge in [-0.2, -0.15) is 10.2 Å². The van der Waals surface area contributed by atoms with Crippen LogP contribution in [-0.4, -0.2) is 88.9 Å². The van der Waals surface area contributed by atoms with Crippen LogP contribution in [0.15, 0.2) is 29.2 Å². The lowest BCUT2D eigenvalue weighted by molar-refractivity contribution is -0.0228. The second-order valence-corrected chi connectivity index (χ2v) is 16.9. The minimum absolute atomic E-state index is 0.106. The van der Waals surface area contributed by atoms with Crippen molar-refractivity contribution in [1.82, 2.24) is 30.2 Å². The van der Waals surface area contributed by atoms with Crippen molar-refractivity contribution in [2.45, 2.75) is 57.1 Å². The average molecular weight is 723 g/mol. The van der Waals surface area contributed by atoms with Gasteiger partial charge in [0, 0.05) is 36.2 Å². The van der Waals surface area contributed by atoms with Gasteiger partial charge in [0.2, 0.25) is 0 Å². The Bertz CT molecular complexity index is 2280. The summed E-state index contributed by atoms with van der Waals surface area (Å²) in [4.78, 5) is 33.3. The summed E-state index contributed by atoms with van der Waals surface area (Å²) in [7, 11) is -3.42. The minimum atomic E-state index is -3.42. The fourth-order valence-electron chi connectivity index (χ4n) is 6.63. The van der Waals surface area contributed by atoms with Gasteiger partial charge in [-0.05, 0) is 69.4 Å². The zero-order valence-electron chi connectivity index (χ0n) is 27.6. The van der Waals surface area contributed by atoms with Crippen LogP contribution < -0.4 is 11.1 Å². The number of halogens is 1. The lowest BCUT2D eigenvalue weighted by Gasteiger charge is -2.44. The molecule has 5 aromatic rings. The van der Waals surface area contributed by atoms with Crippen molar-refractivity contribution in [1.29, 1.82) is 0 Å². The molecule has 1 aromatic carbocycles. The third-order valence-electron chi connectivity index (χ3n) is 9.74. The highest BCUT2D eigenvalue weighted by molar-refractivity contribution is 7.90. The molecule has 4 aromatic heterocycles. The van der Waals surface area contributed by atoms with Crippen LogP contribution in [0.3, 0.4) is 0 Å². The summed E-state index contributed by atoms with van der Waals surface area (Å²) in [5.74, 6) is -0.497. The van der Waals surface area contributed by atoms with Gasteiger partial charge in [0.15, 0.2) is 15.5 Å². The number of thiophene rings is 2. The van der Waals surface area contributed by atoms with E-state index in [1.165, 1.54) is 51.8 Å². The number of aryl methyl sites for hydroxylation is 4. The number of carbonyl (C=O) groups excluding carboxylic acids is 2. The molecule has 0 aliphatic carbocycles. The predicted octanol–water partition coefficient (Wildman–Crippen LogP) is 4.95. The number of aromatic nitrogens is 4. The lowest BCUT2D eigenvalue weighted by atomic mass is 9.88. The monoisotopic (exact) mass is 722 g/mol. The van der Waals surface area contributed by atoms with Crippen molar-refractivity contribution in [2.75, 3.05) is 43.5 Å². The molecule has 256 valence electrons. The SMILES string of the molecule is Cc1nnc2sc(C(=O)N3CCCC3CNc3c(C(=O)N4CC(F)(c5ccc(S(C)(=O)=O)cc5)C4)sc4nnc(C)c(C)c34)c(N)c2c1C. The molecule has 2 amide bonds. The summed E-state index contributed by atoms with van der Waals surface area (Å²) >= 11 is 2.45. The van der Waals surface area contributed by atoms with Gasteiger partial charge in [0.25, 0.3) is 11.8 Å². The van der Waals surface area contributed by atoms with Crippen LogP contribution in [-0.2, 0) is 15.5 Å². The first-order valence-electron chi connectivity index (χ1n) is 15.8. The van der Waals surface area contributed by atoms with E-state index in [9.17, 15) is 18.0 Å². The fourth-order valence-corrected chi connectivity index (χ4v) is 9.44. The Balaban J connectivity index is 1.14. The molecule has 2 aliphatic heterocycles. The summed E-state index contributed by atoms with van der Waals surface area (Å²) in [6.45, 7) is 8.17. The molecule has 16 heteroatoms. The molecular weight excluding hydrogens is 688 g/mol. The number of nitrogen functional groups attached to an aromatic ring is 1. The molecule has 6 heterocycles. The van der Waals surface area contributed by atoms with Crippen molar-refractivity contribution in [3.63, 3.8) is 0 Å². The van der Waals surface area contributed by atoms with E-state index in [-0.39, 0.29) is 35.8 Å². The molecule has 0 bridgehead atoms. The maximum Gasteiger partial charge on any atom is 0.266 e. The first-order valence-corrected chi connectivity index (χ1v) is 19.3. The predicted molar refractivity (Wildman–Crippen MR) is 189 cm³/mol. The van der Waals surface area contributed by atoms with E-state index in [1.807, 2.05) is 32.6 Å². The Kier molecular flexibility index (Phi) is 8.10. The molecule has 0 spiro atoms. The molecular formula is C33H35FN8O4S3. The third-order valence-corrected chi connectivity index (χ3v) is 13.0. The van der Waals surface area contributed by atoms with Crippen molar-refractivity contribution in [3.8, 4) is 0 Å². The standard InChI is InChI=1S/C33H35FN8O4S3/c1-16-18(3)37-39-29-23(16)25(35)27(47-29)32(44)42-12-6-7-21(42)13-36-26-24-17(2)19(4)38-40-30(24)48-28(26)31(43)41-14-33(34,15-41)20-8-10-22(11-9-20)49(5,45)46/h8-11,21,36H,6-7,12-15,35H2,1-5H3. The van der Waals surface area contributed by atoms with E-state index in [1.54, 1.807) is 0 Å². The van der Waals surface area contributed by atoms with Gasteiger partial charge in [-0.3, -0.25) is 9.59 Å². The maximum absolute atomic E-state index is 15.9. The van der Waals surface area contributed by atoms with Crippen LogP contribution in [0.2, 0.25) is 0 Å². The summed E-state index contributed by atoms with van der Waals surface area (Å²) < 4.78 is 39.7. The number of nitrogens with zero attached hydrogens (tertiary/aromatic N) is 6. The molecule has 12 nitrogen and oxygen atoms in total. The lowest BCUT2D eigenvalue weighted by Crippen LogP contribution is -2.58. The molecule has 7 rings (SSSR count). The smallest absolute Gasteiger partial charge is 0.266 e. The van der Waals surface area contributed by atoms with Crippen LogP contribution >= 0.6 is 22.7 Å². The molecule has 2 aliphatic rings. The average Bonchev–Trinajstić information content (AvgIpc) is 3.77. The Labute approximate surface area is 290 Å². The van der Waals surface area contributed by atoms with Gasteiger partial charge in [0.1, 0.15) is 19.4 Å². The van der Waals surface area contributed by atoms with E-state index in [0.717, 1.165) is 52.4 Å². The highest BCUT2D eigenvalue weighted by atomic mass is 32.2. The van der Waals surface area contributed by atoms with E-state index in [0.29, 0.717) is 49.4 Å². The molecule has 0 saturated carbocycles. The number of amides is 2. The van der Waals surface area contributed by atoms with Crippen LogP contribution in [0.25, 0.3) is 20.4 Å². The van der Waals surface area contributed by atoms with E-state index < -0.39 is 15.5 Å². The molecule has 2 saturated heterocycles. The van der Waals surface area contributed by atoms with Gasteiger partial charge in [-0.1, -0.05) is 12.1 Å². The number of sulfone groups is 1. The zero-order chi connectivity index (χ0) is 35.0. The topological polar surface area (TPSA) is 164 Å². The summed E-state index contributed by atoms with van der Waals surface area (Å²) in [5.41, 5.74) is 9.33. The van der Waals surface area contributed by atoms with Gasteiger partial charge in [-0.25, -0.2) is 12.8 Å². The number of nitrogens with two attached hydrogens (primary N) is 1. The van der Waals surface area contributed by atoms with Crippen LogP contribution in [0.5, 0.6) is 0 Å². The van der Waals surface area contributed by atoms with E-state index in [4.69, 9.17) is 5.73 Å². The maximum atomic E-state index is 15.9. The number of anilines is 2. The second kappa shape index (κ2) is 11.9. The number of alkyl halides is 1. The Morgan fingerprint density at radius 1 is 0.939 bits per heavy atom. The van der Waals surface area contributed by atoms with Gasteiger partial charge >= 0.3 is 0 Å². The number of likely N-dealkylation sites (tertiary alicyclic amines) is 2. The normalized spacial score (nSPS) is 17.6. The number of nitrogens with one attached hydrogen (secondary N) is 1. The summed E-state index contributed by atoms with van der Waals surface area (Å²) in [6.07, 6.45) is 2.68. The van der Waals surface area contributed by atoms with Crippen LogP contribution in [0.1, 0.15) is 60.3 Å². The number of rotatable bonds is 7. The molecule has 1 atom stereocenters.